The summed E-state index contributed by atoms with van der Waals surface area (Å²) in [5, 5.41) is 0. The Morgan fingerprint density at radius 2 is 1.81 bits per heavy atom. The Kier molecular flexibility index (Phi) is 6.42. The second-order valence-corrected chi connectivity index (χ2v) is 11.5. The Bertz CT molecular complexity index is 1510. The lowest BCUT2D eigenvalue weighted by Gasteiger charge is -2.34. The summed E-state index contributed by atoms with van der Waals surface area (Å²) in [4.78, 5) is 35.2. The smallest absolute Gasteiger partial charge is 0.271 e. The summed E-state index contributed by atoms with van der Waals surface area (Å²) in [5.74, 6) is 0.169. The molecule has 2 aliphatic rings. The second kappa shape index (κ2) is 9.88. The van der Waals surface area contributed by atoms with Crippen molar-refractivity contribution in [3.63, 3.8) is 0 Å². The first-order chi connectivity index (χ1) is 17.9. The van der Waals surface area contributed by atoms with Crippen LogP contribution in [-0.2, 0) is 24.2 Å². The van der Waals surface area contributed by atoms with Gasteiger partial charge in [-0.2, -0.15) is 0 Å². The molecule has 2 aromatic heterocycles. The number of carbonyl (C=O) groups excluding carboxylic acids is 1. The van der Waals surface area contributed by atoms with Gasteiger partial charge in [-0.3, -0.25) is 19.1 Å². The number of benzene rings is 2. The Labute approximate surface area is 221 Å². The molecule has 1 amide bonds. The number of nitrogens with zero attached hydrogens (tertiary/aromatic N) is 4. The second-order valence-electron chi connectivity index (χ2n) is 10.4. The molecule has 0 bridgehead atoms. The van der Waals surface area contributed by atoms with Crippen LogP contribution in [0.25, 0.3) is 20.7 Å². The van der Waals surface area contributed by atoms with E-state index in [4.69, 9.17) is 0 Å². The first-order valence-electron chi connectivity index (χ1n) is 13.1. The van der Waals surface area contributed by atoms with E-state index in [1.54, 1.807) is 24.6 Å². The van der Waals surface area contributed by atoms with Crippen molar-refractivity contribution in [3.05, 3.63) is 87.5 Å². The van der Waals surface area contributed by atoms with Crippen molar-refractivity contribution < 1.29 is 4.79 Å². The molecule has 0 saturated carbocycles. The molecule has 6 rings (SSSR count). The molecule has 1 aliphatic carbocycles. The average Bonchev–Trinajstić information content (AvgIpc) is 3.35. The van der Waals surface area contributed by atoms with Crippen molar-refractivity contribution in [1.82, 2.24) is 19.4 Å². The molecule has 3 heterocycles. The Morgan fingerprint density at radius 3 is 2.57 bits per heavy atom. The maximum absolute atomic E-state index is 13.5. The fourth-order valence-corrected chi connectivity index (χ4v) is 6.70. The van der Waals surface area contributed by atoms with Crippen molar-refractivity contribution in [3.8, 4) is 10.4 Å². The van der Waals surface area contributed by atoms with Gasteiger partial charge in [-0.25, -0.2) is 4.98 Å². The standard InChI is InChI=1S/C30H32N4O2S/c1-20-3-6-23(7-4-20)28-17-27-29(37-28)30(36)34(19-31-27)26-10-9-24-15-22(5-8-25(24)16-26)18-32-11-13-33(14-12-32)21(2)35/h3-8,15,17,19,26H,9-14,16,18H2,1-2H3. The van der Waals surface area contributed by atoms with E-state index in [9.17, 15) is 9.59 Å². The quantitative estimate of drug-likeness (QED) is 0.393. The zero-order valence-electron chi connectivity index (χ0n) is 21.4. The predicted octanol–water partition coefficient (Wildman–Crippen LogP) is 4.83. The lowest BCUT2D eigenvalue weighted by atomic mass is 9.87. The van der Waals surface area contributed by atoms with E-state index in [1.807, 2.05) is 15.5 Å². The highest BCUT2D eigenvalue weighted by Gasteiger charge is 2.24. The van der Waals surface area contributed by atoms with Crippen LogP contribution in [0.4, 0.5) is 0 Å². The molecular formula is C30H32N4O2S. The summed E-state index contributed by atoms with van der Waals surface area (Å²) >= 11 is 1.54. The molecule has 1 aliphatic heterocycles. The van der Waals surface area contributed by atoms with E-state index >= 15 is 0 Å². The van der Waals surface area contributed by atoms with Crippen LogP contribution in [-0.4, -0.2) is 51.4 Å². The molecule has 4 aromatic rings. The van der Waals surface area contributed by atoms with E-state index in [0.29, 0.717) is 0 Å². The first kappa shape index (κ1) is 24.1. The number of hydrogen-bond acceptors (Lipinski definition) is 5. The van der Waals surface area contributed by atoms with Gasteiger partial charge in [-0.1, -0.05) is 48.0 Å². The normalized spacial score (nSPS) is 18.2. The van der Waals surface area contributed by atoms with Crippen LogP contribution in [0.1, 0.15) is 41.6 Å². The Hall–Kier alpha value is -3.29. The van der Waals surface area contributed by atoms with E-state index in [-0.39, 0.29) is 17.5 Å². The topological polar surface area (TPSA) is 58.4 Å². The molecule has 1 saturated heterocycles. The maximum atomic E-state index is 13.5. The number of amides is 1. The van der Waals surface area contributed by atoms with Crippen LogP contribution in [0.15, 0.2) is 59.7 Å². The highest BCUT2D eigenvalue weighted by atomic mass is 32.1. The number of aryl methyl sites for hydroxylation is 2. The van der Waals surface area contributed by atoms with Gasteiger partial charge in [0, 0.05) is 50.6 Å². The fraction of sp³-hybridized carbons (Fsp3) is 0.367. The summed E-state index contributed by atoms with van der Waals surface area (Å²) in [6.07, 6.45) is 4.52. The average molecular weight is 513 g/mol. The maximum Gasteiger partial charge on any atom is 0.271 e. The molecule has 0 radical (unpaired) electrons. The van der Waals surface area contributed by atoms with E-state index in [2.05, 4.69) is 59.3 Å². The molecule has 1 unspecified atom stereocenters. The SMILES string of the molecule is CC(=O)N1CCN(Cc2ccc3c(c2)CCC(n2cnc4cc(-c5ccc(C)cc5)sc4c2=O)C3)CC1. The van der Waals surface area contributed by atoms with Gasteiger partial charge in [0.25, 0.3) is 5.56 Å². The number of piperazine rings is 1. The van der Waals surface area contributed by atoms with Crippen molar-refractivity contribution in [2.75, 3.05) is 26.2 Å². The summed E-state index contributed by atoms with van der Waals surface area (Å²) in [6.45, 7) is 8.12. The van der Waals surface area contributed by atoms with Gasteiger partial charge in [0.05, 0.1) is 11.8 Å². The molecule has 1 fully saturated rings. The zero-order chi connectivity index (χ0) is 25.5. The molecule has 2 aromatic carbocycles. The van der Waals surface area contributed by atoms with E-state index < -0.39 is 0 Å². The van der Waals surface area contributed by atoms with Gasteiger partial charge in [0.2, 0.25) is 5.91 Å². The summed E-state index contributed by atoms with van der Waals surface area (Å²) in [6, 6.07) is 17.4. The molecule has 1 atom stereocenters. The molecule has 6 nitrogen and oxygen atoms in total. The third kappa shape index (κ3) is 4.86. The number of aromatic nitrogens is 2. The predicted molar refractivity (Wildman–Crippen MR) is 149 cm³/mol. The number of hydrogen-bond donors (Lipinski definition) is 0. The van der Waals surface area contributed by atoms with E-state index in [0.717, 1.165) is 72.6 Å². The Balaban J connectivity index is 1.18. The van der Waals surface area contributed by atoms with E-state index in [1.165, 1.54) is 22.3 Å². The van der Waals surface area contributed by atoms with Crippen molar-refractivity contribution in [2.24, 2.45) is 0 Å². The van der Waals surface area contributed by atoms with Gasteiger partial charge in [0.15, 0.2) is 0 Å². The highest BCUT2D eigenvalue weighted by molar-refractivity contribution is 7.22. The van der Waals surface area contributed by atoms with Crippen LogP contribution in [0.2, 0.25) is 0 Å². The minimum Gasteiger partial charge on any atom is -0.340 e. The lowest BCUT2D eigenvalue weighted by Crippen LogP contribution is -2.47. The third-order valence-electron chi connectivity index (χ3n) is 7.89. The van der Waals surface area contributed by atoms with Crippen LogP contribution in [0.5, 0.6) is 0 Å². The minimum absolute atomic E-state index is 0.0723. The van der Waals surface area contributed by atoms with Gasteiger partial charge in [0.1, 0.15) is 4.70 Å². The summed E-state index contributed by atoms with van der Waals surface area (Å²) in [5.41, 5.74) is 7.27. The van der Waals surface area contributed by atoms with Crippen LogP contribution in [0, 0.1) is 6.92 Å². The highest BCUT2D eigenvalue weighted by Crippen LogP contribution is 2.33. The fourth-order valence-electron chi connectivity index (χ4n) is 5.65. The molecule has 37 heavy (non-hydrogen) atoms. The van der Waals surface area contributed by atoms with Crippen LogP contribution >= 0.6 is 11.3 Å². The van der Waals surface area contributed by atoms with Gasteiger partial charge < -0.3 is 4.90 Å². The molecule has 0 spiro atoms. The van der Waals surface area contributed by atoms with Gasteiger partial charge >= 0.3 is 0 Å². The third-order valence-corrected chi connectivity index (χ3v) is 9.05. The molecule has 7 heteroatoms. The van der Waals surface area contributed by atoms with Crippen molar-refractivity contribution >= 4 is 27.5 Å². The number of fused-ring (bicyclic) bond motifs is 2. The number of carbonyl (C=O) groups is 1. The largest absolute Gasteiger partial charge is 0.340 e. The van der Waals surface area contributed by atoms with Gasteiger partial charge in [-0.05, 0) is 54.5 Å². The van der Waals surface area contributed by atoms with Crippen molar-refractivity contribution in [2.45, 2.75) is 45.7 Å². The van der Waals surface area contributed by atoms with Crippen molar-refractivity contribution in [1.29, 1.82) is 0 Å². The number of rotatable bonds is 4. The molecule has 0 N–H and O–H groups in total. The zero-order valence-corrected chi connectivity index (χ0v) is 22.3. The Morgan fingerprint density at radius 1 is 1.03 bits per heavy atom. The summed E-state index contributed by atoms with van der Waals surface area (Å²) < 4.78 is 2.60. The van der Waals surface area contributed by atoms with Crippen LogP contribution in [0.3, 0.4) is 0 Å². The van der Waals surface area contributed by atoms with Crippen LogP contribution < -0.4 is 5.56 Å². The minimum atomic E-state index is 0.0723. The number of thiophene rings is 1. The van der Waals surface area contributed by atoms with Gasteiger partial charge in [-0.15, -0.1) is 11.3 Å². The first-order valence-corrected chi connectivity index (χ1v) is 13.9. The monoisotopic (exact) mass is 512 g/mol. The molecule has 190 valence electrons. The summed E-state index contributed by atoms with van der Waals surface area (Å²) in [7, 11) is 0. The molecular weight excluding hydrogens is 480 g/mol. The lowest BCUT2D eigenvalue weighted by molar-refractivity contribution is -0.130.